The first-order chi connectivity index (χ1) is 5.35. The van der Waals surface area contributed by atoms with E-state index in [1.54, 1.807) is 0 Å². The maximum atomic E-state index is 8.65. The molecule has 0 saturated carbocycles. The lowest BCUT2D eigenvalue weighted by Gasteiger charge is -2.15. The summed E-state index contributed by atoms with van der Waals surface area (Å²) in [7, 11) is 0. The van der Waals surface area contributed by atoms with Crippen molar-refractivity contribution in [2.45, 2.75) is 52.0 Å². The summed E-state index contributed by atoms with van der Waals surface area (Å²) in [5.41, 5.74) is 0. The first-order valence-electron chi connectivity index (χ1n) is 4.69. The Labute approximate surface area is 70.0 Å². The van der Waals surface area contributed by atoms with Crippen molar-refractivity contribution < 1.29 is 5.11 Å². The second-order valence-electron chi connectivity index (χ2n) is 2.99. The van der Waals surface area contributed by atoms with Crippen LogP contribution >= 0.6 is 0 Å². The normalized spacial score (nSPS) is 13.4. The van der Waals surface area contributed by atoms with Crippen LogP contribution in [-0.4, -0.2) is 17.9 Å². The molecule has 1 unspecified atom stereocenters. The van der Waals surface area contributed by atoms with Crippen LogP contribution in [0.15, 0.2) is 0 Å². The Morgan fingerprint density at radius 1 is 1.18 bits per heavy atom. The Hall–Kier alpha value is -0.0800. The van der Waals surface area contributed by atoms with Crippen LogP contribution in [0.3, 0.4) is 0 Å². The number of hydrogen-bond acceptors (Lipinski definition) is 2. The molecule has 0 rings (SSSR count). The highest BCUT2D eigenvalue weighted by Gasteiger charge is 2.03. The van der Waals surface area contributed by atoms with Gasteiger partial charge in [-0.2, -0.15) is 0 Å². The van der Waals surface area contributed by atoms with Crippen molar-refractivity contribution >= 4 is 0 Å². The molecule has 0 radical (unpaired) electrons. The van der Waals surface area contributed by atoms with Gasteiger partial charge in [0.25, 0.3) is 0 Å². The summed E-state index contributed by atoms with van der Waals surface area (Å²) >= 11 is 0. The predicted octanol–water partition coefficient (Wildman–Crippen LogP) is 1.88. The summed E-state index contributed by atoms with van der Waals surface area (Å²) in [5, 5.41) is 11.7. The second-order valence-corrected chi connectivity index (χ2v) is 2.99. The molecule has 0 spiro atoms. The molecule has 2 N–H and O–H groups in total. The van der Waals surface area contributed by atoms with E-state index in [2.05, 4.69) is 19.2 Å². The molecule has 0 fully saturated rings. The maximum absolute atomic E-state index is 8.65. The molecule has 0 aliphatic rings. The first-order valence-corrected chi connectivity index (χ1v) is 4.69. The lowest BCUT2D eigenvalue weighted by molar-refractivity contribution is 0.231. The summed E-state index contributed by atoms with van der Waals surface area (Å²) in [6, 6.07) is 0.532. The number of aliphatic hydroxyl groups excluding tert-OH is 1. The Morgan fingerprint density at radius 2 is 1.91 bits per heavy atom. The average molecular weight is 159 g/mol. The highest BCUT2D eigenvalue weighted by atomic mass is 16.3. The molecule has 11 heavy (non-hydrogen) atoms. The molecule has 0 aromatic heterocycles. The van der Waals surface area contributed by atoms with Gasteiger partial charge >= 0.3 is 0 Å². The van der Waals surface area contributed by atoms with Crippen LogP contribution in [0.5, 0.6) is 0 Å². The van der Waals surface area contributed by atoms with E-state index in [0.29, 0.717) is 6.04 Å². The van der Waals surface area contributed by atoms with Crippen molar-refractivity contribution in [3.05, 3.63) is 0 Å². The molecule has 0 aromatic carbocycles. The topological polar surface area (TPSA) is 32.3 Å². The van der Waals surface area contributed by atoms with Crippen LogP contribution in [-0.2, 0) is 0 Å². The summed E-state index contributed by atoms with van der Waals surface area (Å²) in [4.78, 5) is 0. The predicted molar refractivity (Wildman–Crippen MR) is 48.4 cm³/mol. The van der Waals surface area contributed by atoms with Gasteiger partial charge in [0.1, 0.15) is 0 Å². The van der Waals surface area contributed by atoms with Gasteiger partial charge in [0.05, 0.1) is 6.73 Å². The summed E-state index contributed by atoms with van der Waals surface area (Å²) < 4.78 is 0. The van der Waals surface area contributed by atoms with Gasteiger partial charge in [-0.1, -0.05) is 33.1 Å². The zero-order valence-corrected chi connectivity index (χ0v) is 7.77. The molecule has 0 aliphatic heterocycles. The van der Waals surface area contributed by atoms with Crippen molar-refractivity contribution in [2.24, 2.45) is 0 Å². The summed E-state index contributed by atoms with van der Waals surface area (Å²) in [6.07, 6.45) is 6.08. The minimum atomic E-state index is 0.119. The Balaban J connectivity index is 3.34. The molecular formula is C9H21NO. The minimum Gasteiger partial charge on any atom is -0.381 e. The van der Waals surface area contributed by atoms with E-state index in [9.17, 15) is 0 Å². The van der Waals surface area contributed by atoms with E-state index < -0.39 is 0 Å². The first kappa shape index (κ1) is 10.9. The van der Waals surface area contributed by atoms with Crippen LogP contribution in [0.25, 0.3) is 0 Å². The number of nitrogens with one attached hydrogen (secondary N) is 1. The summed E-state index contributed by atoms with van der Waals surface area (Å²) in [5.74, 6) is 0. The molecule has 0 aliphatic carbocycles. The molecule has 0 heterocycles. The highest BCUT2D eigenvalue weighted by molar-refractivity contribution is 4.63. The molecule has 0 aromatic rings. The van der Waals surface area contributed by atoms with Crippen molar-refractivity contribution in [2.75, 3.05) is 6.73 Å². The van der Waals surface area contributed by atoms with Crippen LogP contribution in [0.1, 0.15) is 46.0 Å². The van der Waals surface area contributed by atoms with E-state index >= 15 is 0 Å². The third-order valence-corrected chi connectivity index (χ3v) is 1.92. The fourth-order valence-corrected chi connectivity index (χ4v) is 1.28. The van der Waals surface area contributed by atoms with Gasteiger partial charge in [-0.15, -0.1) is 0 Å². The van der Waals surface area contributed by atoms with Gasteiger partial charge in [-0.3, -0.25) is 5.32 Å². The van der Waals surface area contributed by atoms with Crippen molar-refractivity contribution in [3.8, 4) is 0 Å². The average Bonchev–Trinajstić information content (AvgIpc) is 2.01. The lowest BCUT2D eigenvalue weighted by atomic mass is 10.1. The maximum Gasteiger partial charge on any atom is 0.0933 e. The SMILES string of the molecule is CCCCC(CCC)NCO. The standard InChI is InChI=1S/C9H21NO/c1-3-5-7-9(6-4-2)10-8-11/h9-11H,3-8H2,1-2H3. The molecule has 2 nitrogen and oxygen atoms in total. The Bertz CT molecular complexity index is 70.0. The van der Waals surface area contributed by atoms with E-state index in [-0.39, 0.29) is 6.73 Å². The molecular weight excluding hydrogens is 138 g/mol. The van der Waals surface area contributed by atoms with Crippen LogP contribution in [0.4, 0.5) is 0 Å². The second kappa shape index (κ2) is 8.02. The zero-order valence-electron chi connectivity index (χ0n) is 7.77. The van der Waals surface area contributed by atoms with E-state index in [1.807, 2.05) is 0 Å². The fourth-order valence-electron chi connectivity index (χ4n) is 1.28. The zero-order chi connectivity index (χ0) is 8.53. The Morgan fingerprint density at radius 3 is 2.36 bits per heavy atom. The van der Waals surface area contributed by atoms with Gasteiger partial charge in [0, 0.05) is 6.04 Å². The lowest BCUT2D eigenvalue weighted by Crippen LogP contribution is -2.29. The number of aliphatic hydroxyl groups is 1. The third kappa shape index (κ3) is 6.32. The summed E-state index contributed by atoms with van der Waals surface area (Å²) in [6.45, 7) is 4.49. The van der Waals surface area contributed by atoms with Crippen molar-refractivity contribution in [1.29, 1.82) is 0 Å². The number of hydrogen-bond donors (Lipinski definition) is 2. The molecule has 1 atom stereocenters. The molecule has 0 bridgehead atoms. The van der Waals surface area contributed by atoms with Gasteiger partial charge in [-0.25, -0.2) is 0 Å². The van der Waals surface area contributed by atoms with Gasteiger partial charge < -0.3 is 5.11 Å². The van der Waals surface area contributed by atoms with E-state index in [0.717, 1.165) is 0 Å². The Kier molecular flexibility index (Phi) is 7.96. The van der Waals surface area contributed by atoms with Gasteiger partial charge in [0.2, 0.25) is 0 Å². The number of rotatable bonds is 7. The van der Waals surface area contributed by atoms with Crippen LogP contribution in [0, 0.1) is 0 Å². The highest BCUT2D eigenvalue weighted by Crippen LogP contribution is 2.05. The molecule has 0 saturated heterocycles. The van der Waals surface area contributed by atoms with E-state index in [1.165, 1.54) is 32.1 Å². The van der Waals surface area contributed by atoms with Gasteiger partial charge in [0.15, 0.2) is 0 Å². The molecule has 0 amide bonds. The molecule has 68 valence electrons. The third-order valence-electron chi connectivity index (χ3n) is 1.92. The largest absolute Gasteiger partial charge is 0.381 e. The van der Waals surface area contributed by atoms with Crippen molar-refractivity contribution in [3.63, 3.8) is 0 Å². The fraction of sp³-hybridized carbons (Fsp3) is 1.00. The quantitative estimate of drug-likeness (QED) is 0.556. The van der Waals surface area contributed by atoms with Crippen LogP contribution < -0.4 is 5.32 Å². The minimum absolute atomic E-state index is 0.119. The van der Waals surface area contributed by atoms with E-state index in [4.69, 9.17) is 5.11 Å². The smallest absolute Gasteiger partial charge is 0.0933 e. The molecule has 2 heteroatoms. The van der Waals surface area contributed by atoms with Crippen LogP contribution in [0.2, 0.25) is 0 Å². The van der Waals surface area contributed by atoms with Crippen molar-refractivity contribution in [1.82, 2.24) is 5.32 Å². The van der Waals surface area contributed by atoms with Gasteiger partial charge in [-0.05, 0) is 12.8 Å². The number of unbranched alkanes of at least 4 members (excludes halogenated alkanes) is 1. The monoisotopic (exact) mass is 159 g/mol.